The molecule has 0 unspecified atom stereocenters. The van der Waals surface area contributed by atoms with E-state index in [-0.39, 0.29) is 27.6 Å². The summed E-state index contributed by atoms with van der Waals surface area (Å²) < 4.78 is 46.0. The number of alkyl halides is 3. The third kappa shape index (κ3) is 6.13. The van der Waals surface area contributed by atoms with Gasteiger partial charge in [-0.3, -0.25) is 20.1 Å². The number of ether oxygens (including phenoxy) is 1. The van der Waals surface area contributed by atoms with Gasteiger partial charge >= 0.3 is 6.18 Å². The van der Waals surface area contributed by atoms with E-state index in [0.717, 1.165) is 36.3 Å². The van der Waals surface area contributed by atoms with Crippen LogP contribution in [0.4, 0.5) is 18.3 Å². The van der Waals surface area contributed by atoms with E-state index in [1.165, 1.54) is 44.9 Å². The summed E-state index contributed by atoms with van der Waals surface area (Å²) in [5, 5.41) is 11.2. The number of allylic oxidation sites excluding steroid dienone is 1. The molecule has 0 radical (unpaired) electrons. The molecule has 2 heterocycles. The Kier molecular flexibility index (Phi) is 7.54. The lowest BCUT2D eigenvalue weighted by Crippen LogP contribution is -2.15. The predicted molar refractivity (Wildman–Crippen MR) is 135 cm³/mol. The van der Waals surface area contributed by atoms with Crippen molar-refractivity contribution in [3.05, 3.63) is 58.5 Å². The van der Waals surface area contributed by atoms with Crippen molar-refractivity contribution in [1.82, 2.24) is 15.2 Å². The van der Waals surface area contributed by atoms with Gasteiger partial charge in [-0.05, 0) is 43.0 Å². The quantitative estimate of drug-likeness (QED) is 0.357. The summed E-state index contributed by atoms with van der Waals surface area (Å²) in [7, 11) is 2.86. The van der Waals surface area contributed by atoms with Crippen LogP contribution in [0.1, 0.15) is 39.5 Å². The number of hydrogen-bond donors (Lipinski definition) is 2. The van der Waals surface area contributed by atoms with Crippen molar-refractivity contribution in [3.63, 3.8) is 0 Å². The molecule has 0 bridgehead atoms. The number of amides is 1. The van der Waals surface area contributed by atoms with Crippen LogP contribution >= 0.6 is 11.3 Å². The Hall–Kier alpha value is -4.24. The molecule has 0 spiro atoms. The maximum Gasteiger partial charge on any atom is 0.416 e. The highest BCUT2D eigenvalue weighted by atomic mass is 32.1. The number of benzene rings is 1. The number of nitrogens with two attached hydrogens (primary N) is 1. The zero-order valence-electron chi connectivity index (χ0n) is 19.8. The summed E-state index contributed by atoms with van der Waals surface area (Å²) in [6, 6.07) is 4.48. The summed E-state index contributed by atoms with van der Waals surface area (Å²) in [6.07, 6.45) is 1.47. The van der Waals surface area contributed by atoms with E-state index in [1.807, 2.05) is 0 Å². The van der Waals surface area contributed by atoms with Gasteiger partial charge in [-0.1, -0.05) is 17.3 Å². The monoisotopic (exact) mass is 526 g/mol. The molecular formula is C25H21F3N6O2S. The number of aromatic nitrogens is 3. The molecule has 3 N–H and O–H groups in total. The molecule has 4 rings (SSSR count). The van der Waals surface area contributed by atoms with Crippen molar-refractivity contribution in [1.29, 1.82) is 0 Å². The fourth-order valence-electron chi connectivity index (χ4n) is 3.33. The van der Waals surface area contributed by atoms with Crippen LogP contribution in [0.25, 0.3) is 16.7 Å². The molecule has 8 nitrogen and oxygen atoms in total. The van der Waals surface area contributed by atoms with Crippen LogP contribution in [-0.4, -0.2) is 41.5 Å². The van der Waals surface area contributed by atoms with Crippen molar-refractivity contribution in [2.75, 3.05) is 19.5 Å². The number of carbonyl (C=O) groups excluding carboxylic acids is 1. The third-order valence-corrected chi connectivity index (χ3v) is 6.07. The molecule has 1 saturated carbocycles. The molecule has 1 aliphatic carbocycles. The molecule has 0 saturated heterocycles. The zero-order valence-corrected chi connectivity index (χ0v) is 20.6. The summed E-state index contributed by atoms with van der Waals surface area (Å²) in [5.41, 5.74) is 5.68. The topological polar surface area (TPSA) is 115 Å². The van der Waals surface area contributed by atoms with Crippen LogP contribution in [0.3, 0.4) is 0 Å². The molecule has 1 amide bonds. The van der Waals surface area contributed by atoms with Crippen molar-refractivity contribution in [2.45, 2.75) is 19.0 Å². The maximum atomic E-state index is 13.5. The zero-order chi connectivity index (χ0) is 26.6. The van der Waals surface area contributed by atoms with Gasteiger partial charge < -0.3 is 10.5 Å². The molecular weight excluding hydrogens is 505 g/mol. The van der Waals surface area contributed by atoms with Gasteiger partial charge in [0.1, 0.15) is 5.75 Å². The van der Waals surface area contributed by atoms with Crippen LogP contribution in [0.2, 0.25) is 0 Å². The van der Waals surface area contributed by atoms with Gasteiger partial charge in [0.15, 0.2) is 5.01 Å². The average molecular weight is 527 g/mol. The first-order valence-corrected chi connectivity index (χ1v) is 11.8. The minimum Gasteiger partial charge on any atom is -0.496 e. The molecule has 1 aromatic carbocycles. The van der Waals surface area contributed by atoms with Crippen molar-refractivity contribution in [2.24, 2.45) is 16.6 Å². The maximum absolute atomic E-state index is 13.5. The molecule has 0 aliphatic heterocycles. The van der Waals surface area contributed by atoms with E-state index in [0.29, 0.717) is 22.2 Å². The molecule has 1 aliphatic rings. The number of hydrogen-bond acceptors (Lipinski definition) is 8. The normalized spacial score (nSPS) is 13.8. The number of aliphatic imine (C=N–C) groups is 1. The summed E-state index contributed by atoms with van der Waals surface area (Å²) in [5.74, 6) is 5.86. The molecule has 3 aromatic rings. The van der Waals surface area contributed by atoms with Crippen LogP contribution < -0.4 is 15.8 Å². The van der Waals surface area contributed by atoms with Gasteiger partial charge in [0, 0.05) is 48.3 Å². The Bertz CT molecular complexity index is 1450. The lowest BCUT2D eigenvalue weighted by molar-refractivity contribution is -0.137. The number of rotatable bonds is 6. The molecule has 2 aromatic heterocycles. The Morgan fingerprint density at radius 1 is 1.27 bits per heavy atom. The van der Waals surface area contributed by atoms with Crippen molar-refractivity contribution >= 4 is 34.2 Å². The number of halogens is 3. The highest BCUT2D eigenvalue weighted by molar-refractivity contribution is 7.15. The fraction of sp³-hybridized carbons (Fsp3) is 0.240. The number of pyridine rings is 1. The lowest BCUT2D eigenvalue weighted by Gasteiger charge is -2.16. The number of nitrogens with zero attached hydrogens (tertiary/aromatic N) is 4. The minimum absolute atomic E-state index is 0.00741. The van der Waals surface area contributed by atoms with Gasteiger partial charge in [-0.2, -0.15) is 13.2 Å². The summed E-state index contributed by atoms with van der Waals surface area (Å²) in [6.45, 7) is 0. The van der Waals surface area contributed by atoms with E-state index in [2.05, 4.69) is 37.3 Å². The van der Waals surface area contributed by atoms with Crippen molar-refractivity contribution < 1.29 is 22.7 Å². The largest absolute Gasteiger partial charge is 0.496 e. The fourth-order valence-corrected chi connectivity index (χ4v) is 3.93. The standard InChI is InChI=1S/C25H21F3N6O2S/c1-30-12-15(11-29)20-10-17(18-9-16(25(26,27)28)6-7-21(18)36-2)19(13-31-20)23(35)32-24-34-33-22(37-24)8-5-14-3-4-14/h6-7,9-14H,3-4,29H2,1-2H3,(H,32,34,35)/b15-11+,30-12?. The first-order valence-electron chi connectivity index (χ1n) is 11.0. The molecule has 37 heavy (non-hydrogen) atoms. The SMILES string of the molecule is CN=C/C(=C\N)c1cc(-c2cc(C(F)(F)F)ccc2OC)c(C(=O)Nc2nnc(C#CC3CC3)s2)cn1. The highest BCUT2D eigenvalue weighted by Crippen LogP contribution is 2.39. The number of carbonyl (C=O) groups is 1. The second-order valence-electron chi connectivity index (χ2n) is 7.95. The number of methoxy groups -OCH3 is 1. The average Bonchev–Trinajstić information content (AvgIpc) is 3.62. The van der Waals surface area contributed by atoms with Crippen LogP contribution in [0, 0.1) is 17.8 Å². The van der Waals surface area contributed by atoms with Gasteiger partial charge in [-0.15, -0.1) is 10.2 Å². The second-order valence-corrected chi connectivity index (χ2v) is 8.92. The molecule has 0 atom stereocenters. The number of anilines is 1. The van der Waals surface area contributed by atoms with E-state index in [4.69, 9.17) is 10.5 Å². The molecule has 12 heteroatoms. The Labute approximate surface area is 214 Å². The minimum atomic E-state index is -4.61. The van der Waals surface area contributed by atoms with Crippen LogP contribution in [0.5, 0.6) is 5.75 Å². The molecule has 190 valence electrons. The van der Waals surface area contributed by atoms with Crippen molar-refractivity contribution in [3.8, 4) is 28.7 Å². The highest BCUT2D eigenvalue weighted by Gasteiger charge is 2.32. The first kappa shape index (κ1) is 25.8. The van der Waals surface area contributed by atoms with E-state index < -0.39 is 17.6 Å². The molecule has 1 fully saturated rings. The van der Waals surface area contributed by atoms with E-state index in [1.54, 1.807) is 0 Å². The van der Waals surface area contributed by atoms with Crippen LogP contribution in [0.15, 0.2) is 41.7 Å². The predicted octanol–water partition coefficient (Wildman–Crippen LogP) is 4.64. The van der Waals surface area contributed by atoms with E-state index >= 15 is 0 Å². The van der Waals surface area contributed by atoms with Gasteiger partial charge in [0.25, 0.3) is 5.91 Å². The van der Waals surface area contributed by atoms with Gasteiger partial charge in [-0.25, -0.2) is 0 Å². The Balaban J connectivity index is 1.79. The summed E-state index contributed by atoms with van der Waals surface area (Å²) in [4.78, 5) is 21.5. The Morgan fingerprint density at radius 3 is 2.70 bits per heavy atom. The van der Waals surface area contributed by atoms with Crippen LogP contribution in [-0.2, 0) is 6.18 Å². The second kappa shape index (κ2) is 10.8. The number of nitrogens with one attached hydrogen (secondary N) is 1. The summed E-state index contributed by atoms with van der Waals surface area (Å²) >= 11 is 1.09. The van der Waals surface area contributed by atoms with Gasteiger partial charge in [0.2, 0.25) is 5.13 Å². The lowest BCUT2D eigenvalue weighted by atomic mass is 9.96. The Morgan fingerprint density at radius 2 is 2.05 bits per heavy atom. The third-order valence-electron chi connectivity index (χ3n) is 5.32. The van der Waals surface area contributed by atoms with Gasteiger partial charge in [0.05, 0.1) is 23.9 Å². The van der Waals surface area contributed by atoms with E-state index in [9.17, 15) is 18.0 Å². The smallest absolute Gasteiger partial charge is 0.416 e. The first-order chi connectivity index (χ1) is 17.7.